The van der Waals surface area contributed by atoms with Crippen LogP contribution in [0.15, 0.2) is 48.7 Å². The van der Waals surface area contributed by atoms with Gasteiger partial charge in [0.1, 0.15) is 24.0 Å². The molecule has 0 saturated carbocycles. The standard InChI is InChI=1S/C32H34N6O2/c1-17-3-7-26(35-17)32-36-25-8-5-19-11-24-22-6-4-20(10-21(22)16-40-29(24)12-23(19)30(25)38-32)28-14-34-31(37-28)27-9-18(13-33-27)15-39-2/h4-6,8,10-12,14,17-18,26-27,33,35H,3,7,9,13,15-16H2,1-2H3,(H,34,37)(H,36,38)/t17-,18-,26-,27-/m0/s1. The third kappa shape index (κ3) is 4.01. The van der Waals surface area contributed by atoms with E-state index in [1.165, 1.54) is 22.9 Å². The van der Waals surface area contributed by atoms with Crippen LogP contribution in [0.4, 0.5) is 0 Å². The molecule has 8 rings (SSSR count). The Morgan fingerprint density at radius 2 is 1.95 bits per heavy atom. The van der Waals surface area contributed by atoms with Crippen molar-refractivity contribution in [2.24, 2.45) is 5.92 Å². The maximum Gasteiger partial charge on any atom is 0.128 e. The van der Waals surface area contributed by atoms with Crippen LogP contribution in [0, 0.1) is 5.92 Å². The molecule has 2 saturated heterocycles. The number of hydrogen-bond acceptors (Lipinski definition) is 6. The molecule has 8 nitrogen and oxygen atoms in total. The number of fused-ring (bicyclic) bond motifs is 6. The Bertz CT molecular complexity index is 1740. The van der Waals surface area contributed by atoms with Crippen LogP contribution in [-0.4, -0.2) is 46.2 Å². The second kappa shape index (κ2) is 9.44. The number of benzene rings is 3. The number of H-pyrrole nitrogens is 2. The van der Waals surface area contributed by atoms with Crippen molar-refractivity contribution in [3.63, 3.8) is 0 Å². The first-order valence-corrected chi connectivity index (χ1v) is 14.4. The first-order valence-electron chi connectivity index (χ1n) is 14.4. The van der Waals surface area contributed by atoms with Crippen LogP contribution in [0.5, 0.6) is 5.75 Å². The van der Waals surface area contributed by atoms with E-state index >= 15 is 0 Å². The van der Waals surface area contributed by atoms with Crippen LogP contribution in [0.2, 0.25) is 0 Å². The van der Waals surface area contributed by atoms with Crippen molar-refractivity contribution >= 4 is 21.8 Å². The van der Waals surface area contributed by atoms with Crippen molar-refractivity contribution in [3.8, 4) is 28.1 Å². The van der Waals surface area contributed by atoms with Gasteiger partial charge in [-0.2, -0.15) is 0 Å². The van der Waals surface area contributed by atoms with Crippen molar-refractivity contribution in [1.29, 1.82) is 0 Å². The second-order valence-electron chi connectivity index (χ2n) is 11.7. The zero-order valence-corrected chi connectivity index (χ0v) is 22.9. The van der Waals surface area contributed by atoms with E-state index in [-0.39, 0.29) is 6.04 Å². The zero-order chi connectivity index (χ0) is 26.8. The second-order valence-corrected chi connectivity index (χ2v) is 11.7. The minimum Gasteiger partial charge on any atom is -0.488 e. The van der Waals surface area contributed by atoms with E-state index in [0.717, 1.165) is 76.6 Å². The molecule has 4 N–H and O–H groups in total. The van der Waals surface area contributed by atoms with Gasteiger partial charge in [0, 0.05) is 30.6 Å². The lowest BCUT2D eigenvalue weighted by Gasteiger charge is -2.22. The number of rotatable bonds is 5. The van der Waals surface area contributed by atoms with E-state index in [2.05, 4.69) is 70.0 Å². The minimum atomic E-state index is 0.241. The Morgan fingerprint density at radius 3 is 2.83 bits per heavy atom. The predicted molar refractivity (Wildman–Crippen MR) is 156 cm³/mol. The van der Waals surface area contributed by atoms with Gasteiger partial charge in [0.25, 0.3) is 0 Å². The summed E-state index contributed by atoms with van der Waals surface area (Å²) in [6, 6.07) is 16.5. The fourth-order valence-corrected chi connectivity index (χ4v) is 6.82. The molecule has 3 aromatic carbocycles. The highest BCUT2D eigenvalue weighted by Crippen LogP contribution is 2.43. The highest BCUT2D eigenvalue weighted by Gasteiger charge is 2.28. The molecule has 0 bridgehead atoms. The summed E-state index contributed by atoms with van der Waals surface area (Å²) < 4.78 is 11.7. The molecule has 0 aliphatic carbocycles. The lowest BCUT2D eigenvalue weighted by Crippen LogP contribution is -2.21. The molecule has 0 spiro atoms. The van der Waals surface area contributed by atoms with Crippen LogP contribution in [-0.2, 0) is 11.3 Å². The number of ether oxygens (including phenoxy) is 2. The van der Waals surface area contributed by atoms with Crippen LogP contribution < -0.4 is 15.4 Å². The number of nitrogens with one attached hydrogen (secondary N) is 4. The normalized spacial score (nSPS) is 23.9. The van der Waals surface area contributed by atoms with Gasteiger partial charge in [-0.25, -0.2) is 9.97 Å². The Balaban J connectivity index is 1.10. The average molecular weight is 535 g/mol. The quantitative estimate of drug-likeness (QED) is 0.228. The maximum absolute atomic E-state index is 6.34. The number of imidazole rings is 2. The van der Waals surface area contributed by atoms with Gasteiger partial charge >= 0.3 is 0 Å². The fraction of sp³-hybridized carbons (Fsp3) is 0.375. The minimum absolute atomic E-state index is 0.241. The summed E-state index contributed by atoms with van der Waals surface area (Å²) >= 11 is 0. The van der Waals surface area contributed by atoms with Crippen molar-refractivity contribution < 1.29 is 9.47 Å². The molecule has 204 valence electrons. The van der Waals surface area contributed by atoms with Crippen molar-refractivity contribution in [2.45, 2.75) is 50.9 Å². The van der Waals surface area contributed by atoms with E-state index in [9.17, 15) is 0 Å². The molecule has 0 amide bonds. The largest absolute Gasteiger partial charge is 0.488 e. The molecule has 0 unspecified atom stereocenters. The molecule has 5 aromatic rings. The summed E-state index contributed by atoms with van der Waals surface area (Å²) in [6.07, 6.45) is 5.27. The van der Waals surface area contributed by atoms with Crippen molar-refractivity contribution in [2.75, 3.05) is 20.3 Å². The monoisotopic (exact) mass is 534 g/mol. The molecule has 3 aliphatic rings. The number of methoxy groups -OCH3 is 1. The van der Waals surface area contributed by atoms with Gasteiger partial charge in [-0.1, -0.05) is 18.2 Å². The first kappa shape index (κ1) is 24.1. The van der Waals surface area contributed by atoms with E-state index in [4.69, 9.17) is 19.4 Å². The maximum atomic E-state index is 6.34. The molecule has 0 radical (unpaired) electrons. The van der Waals surface area contributed by atoms with E-state index in [1.54, 1.807) is 7.11 Å². The summed E-state index contributed by atoms with van der Waals surface area (Å²) in [6.45, 7) is 4.52. The van der Waals surface area contributed by atoms with Gasteiger partial charge in [-0.15, -0.1) is 0 Å². The van der Waals surface area contributed by atoms with Gasteiger partial charge < -0.3 is 30.1 Å². The number of aromatic nitrogens is 4. The van der Waals surface area contributed by atoms with Crippen LogP contribution in [0.25, 0.3) is 44.2 Å². The Morgan fingerprint density at radius 1 is 1.00 bits per heavy atom. The van der Waals surface area contributed by atoms with E-state index < -0.39 is 0 Å². The van der Waals surface area contributed by atoms with Gasteiger partial charge in [0.2, 0.25) is 0 Å². The molecule has 2 fully saturated rings. The molecular formula is C32H34N6O2. The van der Waals surface area contributed by atoms with E-state index in [1.807, 2.05) is 6.20 Å². The third-order valence-electron chi connectivity index (χ3n) is 8.93. The highest BCUT2D eigenvalue weighted by atomic mass is 16.5. The fourth-order valence-electron chi connectivity index (χ4n) is 6.82. The molecule has 8 heteroatoms. The topological polar surface area (TPSA) is 99.9 Å². The van der Waals surface area contributed by atoms with Crippen LogP contribution in [0.1, 0.15) is 55.5 Å². The smallest absolute Gasteiger partial charge is 0.128 e. The summed E-state index contributed by atoms with van der Waals surface area (Å²) in [5.41, 5.74) is 7.78. The number of aromatic amines is 2. The lowest BCUT2D eigenvalue weighted by molar-refractivity contribution is 0.159. The van der Waals surface area contributed by atoms with Crippen LogP contribution in [0.3, 0.4) is 0 Å². The summed E-state index contributed by atoms with van der Waals surface area (Å²) in [5, 5.41) is 9.52. The highest BCUT2D eigenvalue weighted by molar-refractivity contribution is 6.07. The SMILES string of the molecule is COC[C@@H]1CN[C@H](c2ncc(-c3ccc4c(c3)COc3cc5c(ccc6[nH]c([C@@H]7CC[C@H](C)N7)nc65)cc3-4)[nH]2)C1. The molecule has 40 heavy (non-hydrogen) atoms. The molecule has 2 aromatic heterocycles. The molecule has 4 atom stereocenters. The van der Waals surface area contributed by atoms with Crippen LogP contribution >= 0.6 is 0 Å². The van der Waals surface area contributed by atoms with Gasteiger partial charge in [0.05, 0.1) is 41.6 Å². The van der Waals surface area contributed by atoms with E-state index in [0.29, 0.717) is 24.6 Å². The van der Waals surface area contributed by atoms with Gasteiger partial charge in [-0.05, 0) is 78.4 Å². The van der Waals surface area contributed by atoms with Crippen molar-refractivity contribution in [3.05, 3.63) is 65.9 Å². The van der Waals surface area contributed by atoms with Crippen molar-refractivity contribution in [1.82, 2.24) is 30.6 Å². The Kier molecular flexibility index (Phi) is 5.69. The summed E-state index contributed by atoms with van der Waals surface area (Å²) in [7, 11) is 1.77. The first-order chi connectivity index (χ1) is 19.6. The zero-order valence-electron chi connectivity index (χ0n) is 22.9. The number of nitrogens with zero attached hydrogens (tertiary/aromatic N) is 2. The molecule has 5 heterocycles. The Labute approximate surface area is 232 Å². The Hall–Kier alpha value is -3.72. The molecular weight excluding hydrogens is 500 g/mol. The average Bonchev–Trinajstić information content (AvgIpc) is 3.78. The third-order valence-corrected chi connectivity index (χ3v) is 8.93. The summed E-state index contributed by atoms with van der Waals surface area (Å²) in [4.78, 5) is 16.9. The number of hydrogen-bond donors (Lipinski definition) is 4. The van der Waals surface area contributed by atoms with Gasteiger partial charge in [0.15, 0.2) is 0 Å². The summed E-state index contributed by atoms with van der Waals surface area (Å²) in [5.74, 6) is 3.47. The molecule has 3 aliphatic heterocycles. The lowest BCUT2D eigenvalue weighted by atomic mass is 9.92. The predicted octanol–water partition coefficient (Wildman–Crippen LogP) is 5.78. The van der Waals surface area contributed by atoms with Gasteiger partial charge in [-0.3, -0.25) is 0 Å².